The molecule has 2 aromatic heterocycles. The first kappa shape index (κ1) is 16.9. The summed E-state index contributed by atoms with van der Waals surface area (Å²) in [4.78, 5) is 4.23. The van der Waals surface area contributed by atoms with E-state index in [0.717, 1.165) is 48.3 Å². The highest BCUT2D eigenvalue weighted by Gasteiger charge is 2.11. The van der Waals surface area contributed by atoms with E-state index in [0.29, 0.717) is 0 Å². The number of hydrogen-bond donors (Lipinski definition) is 0. The maximum atomic E-state index is 13.2. The highest BCUT2D eigenvalue weighted by Crippen LogP contribution is 2.18. The Kier molecular flexibility index (Phi) is 5.58. The van der Waals surface area contributed by atoms with Crippen LogP contribution in [-0.4, -0.2) is 14.8 Å². The lowest BCUT2D eigenvalue weighted by molar-refractivity contribution is 0.626. The van der Waals surface area contributed by atoms with Crippen LogP contribution >= 0.6 is 0 Å². The number of unbranched alkanes of at least 4 members (excludes halogenated alkanes) is 2. The fourth-order valence-electron chi connectivity index (χ4n) is 2.63. The van der Waals surface area contributed by atoms with Crippen molar-refractivity contribution in [3.05, 3.63) is 77.6 Å². The monoisotopic (exact) mass is 333 g/mol. The first-order valence-corrected chi connectivity index (χ1v) is 8.54. The van der Waals surface area contributed by atoms with Crippen molar-refractivity contribution in [2.24, 2.45) is 0 Å². The van der Waals surface area contributed by atoms with Crippen LogP contribution in [0, 0.1) is 17.7 Å². The quantitative estimate of drug-likeness (QED) is 0.507. The topological polar surface area (TPSA) is 30.7 Å². The van der Waals surface area contributed by atoms with Gasteiger partial charge < -0.3 is 0 Å². The SMILES string of the molecule is CCCCCc1c(C#Cc2ccccn2)cnn1-c1ccc(F)cc1. The molecule has 0 radical (unpaired) electrons. The third-order valence-corrected chi connectivity index (χ3v) is 3.95. The molecular formula is C21H20FN3. The van der Waals surface area contributed by atoms with E-state index in [1.54, 1.807) is 24.5 Å². The van der Waals surface area contributed by atoms with Crippen LogP contribution < -0.4 is 0 Å². The van der Waals surface area contributed by atoms with E-state index in [2.05, 4.69) is 28.8 Å². The first-order valence-electron chi connectivity index (χ1n) is 8.54. The van der Waals surface area contributed by atoms with Crippen molar-refractivity contribution in [3.63, 3.8) is 0 Å². The summed E-state index contributed by atoms with van der Waals surface area (Å²) < 4.78 is 15.1. The minimum absolute atomic E-state index is 0.251. The normalized spacial score (nSPS) is 10.3. The molecule has 0 saturated heterocycles. The molecule has 0 aliphatic rings. The van der Waals surface area contributed by atoms with E-state index in [9.17, 15) is 4.39 Å². The number of rotatable bonds is 5. The average molecular weight is 333 g/mol. The van der Waals surface area contributed by atoms with Crippen LogP contribution in [-0.2, 0) is 6.42 Å². The lowest BCUT2D eigenvalue weighted by Gasteiger charge is -2.08. The summed E-state index contributed by atoms with van der Waals surface area (Å²) in [5.41, 5.74) is 3.53. The van der Waals surface area contributed by atoms with Crippen molar-refractivity contribution in [1.82, 2.24) is 14.8 Å². The van der Waals surface area contributed by atoms with Crippen LogP contribution in [0.15, 0.2) is 54.9 Å². The van der Waals surface area contributed by atoms with E-state index in [1.807, 2.05) is 22.9 Å². The van der Waals surface area contributed by atoms with Gasteiger partial charge in [-0.3, -0.25) is 0 Å². The van der Waals surface area contributed by atoms with Crippen molar-refractivity contribution in [3.8, 4) is 17.5 Å². The van der Waals surface area contributed by atoms with Crippen molar-refractivity contribution < 1.29 is 4.39 Å². The molecule has 1 aromatic carbocycles. The van der Waals surface area contributed by atoms with Gasteiger partial charge in [-0.15, -0.1) is 0 Å². The number of aromatic nitrogens is 3. The molecule has 0 unspecified atom stereocenters. The lowest BCUT2D eigenvalue weighted by atomic mass is 10.1. The molecule has 126 valence electrons. The summed E-state index contributed by atoms with van der Waals surface area (Å²) in [5, 5.41) is 4.48. The zero-order valence-electron chi connectivity index (χ0n) is 14.2. The zero-order valence-corrected chi connectivity index (χ0v) is 14.2. The van der Waals surface area contributed by atoms with E-state index in [-0.39, 0.29) is 5.82 Å². The molecule has 4 heteroatoms. The average Bonchev–Trinajstić information content (AvgIpc) is 3.05. The molecule has 0 atom stereocenters. The molecule has 0 amide bonds. The smallest absolute Gasteiger partial charge is 0.123 e. The minimum Gasteiger partial charge on any atom is -0.248 e. The maximum absolute atomic E-state index is 13.2. The van der Waals surface area contributed by atoms with Gasteiger partial charge in [-0.1, -0.05) is 31.8 Å². The predicted molar refractivity (Wildman–Crippen MR) is 97.0 cm³/mol. The summed E-state index contributed by atoms with van der Waals surface area (Å²) in [6.45, 7) is 2.18. The van der Waals surface area contributed by atoms with Crippen molar-refractivity contribution >= 4 is 0 Å². The van der Waals surface area contributed by atoms with Crippen LogP contribution in [0.3, 0.4) is 0 Å². The second-order valence-corrected chi connectivity index (χ2v) is 5.82. The van der Waals surface area contributed by atoms with Gasteiger partial charge in [-0.05, 0) is 55.2 Å². The largest absolute Gasteiger partial charge is 0.248 e. The van der Waals surface area contributed by atoms with Crippen LogP contribution in [0.1, 0.15) is 43.1 Å². The van der Waals surface area contributed by atoms with Crippen molar-refractivity contribution in [2.75, 3.05) is 0 Å². The molecule has 2 heterocycles. The summed E-state index contributed by atoms with van der Waals surface area (Å²) >= 11 is 0. The molecule has 0 aliphatic carbocycles. The van der Waals surface area contributed by atoms with Gasteiger partial charge >= 0.3 is 0 Å². The third-order valence-electron chi connectivity index (χ3n) is 3.95. The molecule has 3 rings (SSSR count). The Morgan fingerprint density at radius 1 is 1.04 bits per heavy atom. The van der Waals surface area contributed by atoms with E-state index >= 15 is 0 Å². The van der Waals surface area contributed by atoms with Crippen molar-refractivity contribution in [1.29, 1.82) is 0 Å². The van der Waals surface area contributed by atoms with E-state index in [1.165, 1.54) is 12.1 Å². The number of nitrogens with zero attached hydrogens (tertiary/aromatic N) is 3. The van der Waals surface area contributed by atoms with Crippen LogP contribution in [0.5, 0.6) is 0 Å². The van der Waals surface area contributed by atoms with E-state index in [4.69, 9.17) is 0 Å². The summed E-state index contributed by atoms with van der Waals surface area (Å²) in [6.07, 6.45) is 7.77. The Balaban J connectivity index is 1.95. The van der Waals surface area contributed by atoms with E-state index < -0.39 is 0 Å². The molecule has 0 fully saturated rings. The number of halogens is 1. The summed E-state index contributed by atoms with van der Waals surface area (Å²) in [6, 6.07) is 12.0. The van der Waals surface area contributed by atoms with Gasteiger partial charge in [0.25, 0.3) is 0 Å². The van der Waals surface area contributed by atoms with Gasteiger partial charge in [-0.2, -0.15) is 5.10 Å². The Morgan fingerprint density at radius 2 is 1.88 bits per heavy atom. The Bertz CT molecular complexity index is 871. The highest BCUT2D eigenvalue weighted by molar-refractivity contribution is 5.45. The fourth-order valence-corrected chi connectivity index (χ4v) is 2.63. The molecule has 0 bridgehead atoms. The summed E-state index contributed by atoms with van der Waals surface area (Å²) in [7, 11) is 0. The Morgan fingerprint density at radius 3 is 2.60 bits per heavy atom. The highest BCUT2D eigenvalue weighted by atomic mass is 19.1. The third kappa shape index (κ3) is 4.33. The second kappa shape index (κ2) is 8.25. The Labute approximate surface area is 147 Å². The molecular weight excluding hydrogens is 313 g/mol. The predicted octanol–water partition coefficient (Wildman–Crippen LogP) is 4.54. The number of benzene rings is 1. The first-order chi connectivity index (χ1) is 12.3. The second-order valence-electron chi connectivity index (χ2n) is 5.82. The van der Waals surface area contributed by atoms with Gasteiger partial charge in [0.2, 0.25) is 0 Å². The molecule has 0 spiro atoms. The van der Waals surface area contributed by atoms with Gasteiger partial charge in [0, 0.05) is 6.20 Å². The van der Waals surface area contributed by atoms with Crippen LogP contribution in [0.4, 0.5) is 4.39 Å². The minimum atomic E-state index is -0.251. The molecule has 0 saturated carbocycles. The summed E-state index contributed by atoms with van der Waals surface area (Å²) in [5.74, 6) is 6.03. The van der Waals surface area contributed by atoms with Gasteiger partial charge in [0.05, 0.1) is 23.1 Å². The molecule has 25 heavy (non-hydrogen) atoms. The zero-order chi connectivity index (χ0) is 17.5. The van der Waals surface area contributed by atoms with Crippen molar-refractivity contribution in [2.45, 2.75) is 32.6 Å². The van der Waals surface area contributed by atoms with Crippen LogP contribution in [0.2, 0.25) is 0 Å². The van der Waals surface area contributed by atoms with Gasteiger partial charge in [0.15, 0.2) is 0 Å². The fraction of sp³-hybridized carbons (Fsp3) is 0.238. The number of hydrogen-bond acceptors (Lipinski definition) is 2. The number of pyridine rings is 1. The Hall–Kier alpha value is -2.93. The molecule has 3 nitrogen and oxygen atoms in total. The molecule has 0 N–H and O–H groups in total. The molecule has 3 aromatic rings. The van der Waals surface area contributed by atoms with Crippen LogP contribution in [0.25, 0.3) is 5.69 Å². The lowest BCUT2D eigenvalue weighted by Crippen LogP contribution is -2.03. The van der Waals surface area contributed by atoms with Gasteiger partial charge in [0.1, 0.15) is 11.5 Å². The molecule has 0 aliphatic heterocycles. The van der Waals surface area contributed by atoms with Gasteiger partial charge in [-0.25, -0.2) is 14.1 Å². The standard InChI is InChI=1S/C21H20FN3/c1-2-3-4-8-21-17(9-12-19-7-5-6-15-23-19)16-24-25(21)20-13-10-18(22)11-14-20/h5-7,10-11,13-16H,2-4,8H2,1H3. The maximum Gasteiger partial charge on any atom is 0.123 e.